The van der Waals surface area contributed by atoms with Gasteiger partial charge in [-0.05, 0) is 78.8 Å². The predicted molar refractivity (Wildman–Crippen MR) is 211 cm³/mol. The van der Waals surface area contributed by atoms with Crippen LogP contribution < -0.4 is 0 Å². The fourth-order valence-corrected chi connectivity index (χ4v) is 9.01. The van der Waals surface area contributed by atoms with Crippen LogP contribution in [0.2, 0.25) is 0 Å². The van der Waals surface area contributed by atoms with Crippen molar-refractivity contribution in [3.05, 3.63) is 158 Å². The smallest absolute Gasteiger partial charge is 0.246 e. The molecule has 0 spiro atoms. The van der Waals surface area contributed by atoms with Gasteiger partial charge in [0, 0.05) is 25.7 Å². The van der Waals surface area contributed by atoms with Crippen LogP contribution in [-0.2, 0) is 0 Å². The summed E-state index contributed by atoms with van der Waals surface area (Å²) in [6.45, 7) is 0. The van der Waals surface area contributed by atoms with E-state index in [1.165, 1.54) is 58.2 Å². The highest BCUT2D eigenvalue weighted by Gasteiger charge is 2.17. The first-order valence-corrected chi connectivity index (χ1v) is 17.6. The molecule has 3 nitrogen and oxygen atoms in total. The van der Waals surface area contributed by atoms with E-state index in [0.29, 0.717) is 5.71 Å². The van der Waals surface area contributed by atoms with Crippen LogP contribution in [-0.4, -0.2) is 9.97 Å². The molecule has 0 radical (unpaired) electrons. The summed E-state index contributed by atoms with van der Waals surface area (Å²) in [5.41, 5.74) is 8.73. The van der Waals surface area contributed by atoms with Crippen molar-refractivity contribution >= 4 is 86.0 Å². The minimum absolute atomic E-state index is 0.550. The lowest BCUT2D eigenvalue weighted by Gasteiger charge is -2.09. The number of hydrogen-bond acceptors (Lipinski definition) is 4. The number of thiophene rings is 1. The minimum atomic E-state index is 0.550. The van der Waals surface area contributed by atoms with Crippen molar-refractivity contribution < 1.29 is 4.42 Å². The van der Waals surface area contributed by atoms with Crippen LogP contribution in [0.25, 0.3) is 108 Å². The van der Waals surface area contributed by atoms with Gasteiger partial charge in [0.1, 0.15) is 11.1 Å². The molecule has 0 atom stereocenters. The molecule has 0 fully saturated rings. The topological polar surface area (TPSA) is 38.9 Å². The van der Waals surface area contributed by atoms with Crippen LogP contribution in [0.4, 0.5) is 0 Å². The quantitative estimate of drug-likeness (QED) is 0.178. The molecule has 0 amide bonds. The minimum Gasteiger partial charge on any atom is -0.436 e. The summed E-state index contributed by atoms with van der Waals surface area (Å²) in [6, 6.07) is 54.4. The number of benzene rings is 8. The van der Waals surface area contributed by atoms with Crippen molar-refractivity contribution in [2.45, 2.75) is 0 Å². The molecule has 0 saturated carbocycles. The van der Waals surface area contributed by atoms with E-state index in [1.54, 1.807) is 0 Å². The highest BCUT2D eigenvalue weighted by atomic mass is 32.1. The summed E-state index contributed by atoms with van der Waals surface area (Å²) in [4.78, 5) is 9.99. The van der Waals surface area contributed by atoms with Gasteiger partial charge in [0.2, 0.25) is 5.71 Å². The maximum absolute atomic E-state index is 6.26. The first-order valence-electron chi connectivity index (χ1n) is 16.8. The Morgan fingerprint density at radius 2 is 1.14 bits per heavy atom. The van der Waals surface area contributed by atoms with Crippen LogP contribution in [0.1, 0.15) is 0 Å². The lowest BCUT2D eigenvalue weighted by molar-refractivity contribution is 0.653. The maximum atomic E-state index is 6.26. The average molecular weight is 655 g/mol. The summed E-state index contributed by atoms with van der Waals surface area (Å²) in [5, 5.41) is 10.9. The summed E-state index contributed by atoms with van der Waals surface area (Å²) in [7, 11) is 0. The standard InChI is InChI=1S/C46H26N2OS/c1-2-13-32-27(8-1)18-19-35-34(32)20-21-38-36(35)22-23-41-43(38)44-46(49-41)47-26-40(48-44)31-12-6-10-29(25-31)28-9-5-11-30(24-28)33-15-7-16-39-37-14-3-4-17-42(37)50-45(33)39/h1-26H. The predicted octanol–water partition coefficient (Wildman–Crippen LogP) is 13.2. The van der Waals surface area contributed by atoms with Crippen molar-refractivity contribution in [3.8, 4) is 33.5 Å². The van der Waals surface area contributed by atoms with E-state index >= 15 is 0 Å². The molecule has 11 rings (SSSR count). The second-order valence-electron chi connectivity index (χ2n) is 12.9. The van der Waals surface area contributed by atoms with Gasteiger partial charge in [-0.3, -0.25) is 0 Å². The molecule has 50 heavy (non-hydrogen) atoms. The normalized spacial score (nSPS) is 12.0. The second kappa shape index (κ2) is 10.6. The van der Waals surface area contributed by atoms with Crippen molar-refractivity contribution in [2.75, 3.05) is 0 Å². The van der Waals surface area contributed by atoms with E-state index in [4.69, 9.17) is 14.4 Å². The number of rotatable bonds is 3. The number of furan rings is 1. The summed E-state index contributed by atoms with van der Waals surface area (Å²) >= 11 is 1.87. The Balaban J connectivity index is 1.03. The van der Waals surface area contributed by atoms with E-state index in [9.17, 15) is 0 Å². The number of hydrogen-bond donors (Lipinski definition) is 0. The molecule has 0 N–H and O–H groups in total. The van der Waals surface area contributed by atoms with E-state index < -0.39 is 0 Å². The molecule has 3 aromatic heterocycles. The molecular weight excluding hydrogens is 629 g/mol. The van der Waals surface area contributed by atoms with Gasteiger partial charge in [0.05, 0.1) is 17.3 Å². The second-order valence-corrected chi connectivity index (χ2v) is 14.0. The van der Waals surface area contributed by atoms with Crippen molar-refractivity contribution in [3.63, 3.8) is 0 Å². The first-order chi connectivity index (χ1) is 24.8. The summed E-state index contributed by atoms with van der Waals surface area (Å²) in [6.07, 6.45) is 1.83. The third kappa shape index (κ3) is 4.09. The third-order valence-electron chi connectivity index (χ3n) is 10.1. The molecule has 4 heteroatoms. The zero-order chi connectivity index (χ0) is 32.8. The van der Waals surface area contributed by atoms with Crippen LogP contribution in [0.15, 0.2) is 162 Å². The SMILES string of the molecule is c1cc(-c2cccc(-c3cccc4c3sc3ccccc34)c2)cc(-c2cnc3oc4ccc5c6ccc7ccccc7c6ccc5c4c3n2)c1. The Hall–Kier alpha value is -6.36. The largest absolute Gasteiger partial charge is 0.436 e. The molecule has 0 unspecified atom stereocenters. The third-order valence-corrected chi connectivity index (χ3v) is 11.4. The number of nitrogens with zero attached hydrogens (tertiary/aromatic N) is 2. The Bertz CT molecular complexity index is 3170. The lowest BCUT2D eigenvalue weighted by Crippen LogP contribution is -1.88. The highest BCUT2D eigenvalue weighted by Crippen LogP contribution is 2.41. The molecule has 11 aromatic rings. The molecule has 0 aliphatic carbocycles. The fourth-order valence-electron chi connectivity index (χ4n) is 7.77. The first kappa shape index (κ1) is 27.6. The van der Waals surface area contributed by atoms with Crippen molar-refractivity contribution in [1.82, 2.24) is 9.97 Å². The zero-order valence-electron chi connectivity index (χ0n) is 26.7. The monoisotopic (exact) mass is 654 g/mol. The summed E-state index contributed by atoms with van der Waals surface area (Å²) in [5.74, 6) is 0. The van der Waals surface area contributed by atoms with Crippen molar-refractivity contribution in [2.24, 2.45) is 0 Å². The fraction of sp³-hybridized carbons (Fsp3) is 0. The molecule has 232 valence electrons. The van der Waals surface area contributed by atoms with Crippen molar-refractivity contribution in [1.29, 1.82) is 0 Å². The Morgan fingerprint density at radius 3 is 2.06 bits per heavy atom. The highest BCUT2D eigenvalue weighted by molar-refractivity contribution is 7.26. The Labute approximate surface area is 290 Å². The average Bonchev–Trinajstić information content (AvgIpc) is 3.76. The molecule has 8 aromatic carbocycles. The molecule has 0 saturated heterocycles. The van der Waals surface area contributed by atoms with Gasteiger partial charge in [0.15, 0.2) is 0 Å². The van der Waals surface area contributed by atoms with Crippen LogP contribution in [0.5, 0.6) is 0 Å². The molecule has 0 aliphatic rings. The maximum Gasteiger partial charge on any atom is 0.246 e. The van der Waals surface area contributed by atoms with E-state index in [0.717, 1.165) is 44.3 Å². The zero-order valence-corrected chi connectivity index (χ0v) is 27.5. The van der Waals surface area contributed by atoms with Gasteiger partial charge in [0.25, 0.3) is 0 Å². The lowest BCUT2D eigenvalue weighted by atomic mass is 9.95. The molecule has 3 heterocycles. The Kier molecular flexibility index (Phi) is 5.83. The molecular formula is C46H26N2OS. The molecule has 0 aliphatic heterocycles. The van der Waals surface area contributed by atoms with E-state index in [1.807, 2.05) is 17.5 Å². The van der Waals surface area contributed by atoms with Gasteiger partial charge in [-0.1, -0.05) is 127 Å². The van der Waals surface area contributed by atoms with Gasteiger partial charge >= 0.3 is 0 Å². The van der Waals surface area contributed by atoms with Gasteiger partial charge in [-0.25, -0.2) is 9.97 Å². The molecule has 0 bridgehead atoms. The van der Waals surface area contributed by atoms with Gasteiger partial charge in [-0.15, -0.1) is 11.3 Å². The van der Waals surface area contributed by atoms with E-state index in [-0.39, 0.29) is 0 Å². The summed E-state index contributed by atoms with van der Waals surface area (Å²) < 4.78 is 8.90. The van der Waals surface area contributed by atoms with Crippen LogP contribution >= 0.6 is 11.3 Å². The van der Waals surface area contributed by atoms with Crippen LogP contribution in [0, 0.1) is 0 Å². The van der Waals surface area contributed by atoms with Crippen LogP contribution in [0.3, 0.4) is 0 Å². The number of fused-ring (bicyclic) bond motifs is 12. The van der Waals surface area contributed by atoms with Gasteiger partial charge < -0.3 is 4.42 Å². The van der Waals surface area contributed by atoms with E-state index in [2.05, 4.69) is 152 Å². The van der Waals surface area contributed by atoms with Gasteiger partial charge in [-0.2, -0.15) is 0 Å². The number of aromatic nitrogens is 2. The Morgan fingerprint density at radius 1 is 0.480 bits per heavy atom.